The van der Waals surface area contributed by atoms with Crippen LogP contribution in [0.4, 0.5) is 5.69 Å². The predicted molar refractivity (Wildman–Crippen MR) is 64.4 cm³/mol. The minimum absolute atomic E-state index is 0.108. The van der Waals surface area contributed by atoms with Gasteiger partial charge in [0, 0.05) is 0 Å². The molecular formula is C10H8Cl3NO2. The van der Waals surface area contributed by atoms with Gasteiger partial charge in [-0.2, -0.15) is 0 Å². The van der Waals surface area contributed by atoms with E-state index in [2.05, 4.69) is 0 Å². The number of benzene rings is 1. The van der Waals surface area contributed by atoms with Gasteiger partial charge in [-0.1, -0.05) is 34.8 Å². The van der Waals surface area contributed by atoms with Gasteiger partial charge < -0.3 is 10.0 Å². The summed E-state index contributed by atoms with van der Waals surface area (Å²) in [4.78, 5) is 13.0. The van der Waals surface area contributed by atoms with Crippen LogP contribution in [0, 0.1) is 0 Å². The van der Waals surface area contributed by atoms with E-state index in [0.29, 0.717) is 20.8 Å². The zero-order valence-electron chi connectivity index (χ0n) is 8.08. The monoisotopic (exact) mass is 279 g/mol. The lowest BCUT2D eigenvalue weighted by Crippen LogP contribution is -2.25. The Bertz CT molecular complexity index is 450. The molecule has 1 unspecified atom stereocenters. The number of halogens is 3. The number of β-amino-alcohol motifs (C(OH)–C–C–N with tert-alkyl or cyclic N) is 1. The molecule has 0 bridgehead atoms. The zero-order chi connectivity index (χ0) is 11.9. The maximum atomic E-state index is 11.6. The molecule has 0 aromatic heterocycles. The predicted octanol–water partition coefficient (Wildman–Crippen LogP) is 2.74. The molecule has 0 radical (unpaired) electrons. The second kappa shape index (κ2) is 4.41. The average Bonchev–Trinajstić information content (AvgIpc) is 2.51. The fourth-order valence-electron chi connectivity index (χ4n) is 1.64. The third-order valence-corrected chi connectivity index (χ3v) is 3.41. The van der Waals surface area contributed by atoms with E-state index in [0.717, 1.165) is 0 Å². The third kappa shape index (κ3) is 2.13. The Morgan fingerprint density at radius 3 is 2.38 bits per heavy atom. The molecule has 1 aromatic carbocycles. The fourth-order valence-corrected chi connectivity index (χ4v) is 2.28. The molecule has 6 heteroatoms. The molecule has 1 aliphatic heterocycles. The lowest BCUT2D eigenvalue weighted by Gasteiger charge is -2.18. The van der Waals surface area contributed by atoms with Gasteiger partial charge in [0.05, 0.1) is 39.8 Å². The standard InChI is InChI=1S/C10H8Cl3NO2/c11-6-2-8(13)9(3-7(6)12)14-4-5(15)1-10(14)16/h2-3,5,15H,1,4H2. The largest absolute Gasteiger partial charge is 0.391 e. The van der Waals surface area contributed by atoms with Gasteiger partial charge in [0.25, 0.3) is 0 Å². The second-order valence-electron chi connectivity index (χ2n) is 3.58. The van der Waals surface area contributed by atoms with Crippen molar-refractivity contribution >= 4 is 46.4 Å². The molecule has 1 aromatic rings. The van der Waals surface area contributed by atoms with E-state index in [1.165, 1.54) is 17.0 Å². The van der Waals surface area contributed by atoms with Crippen LogP contribution >= 0.6 is 34.8 Å². The Balaban J connectivity index is 2.41. The Labute approximate surface area is 108 Å². The molecule has 1 N–H and O–H groups in total. The lowest BCUT2D eigenvalue weighted by molar-refractivity contribution is -0.117. The molecule has 0 spiro atoms. The smallest absolute Gasteiger partial charge is 0.229 e. The van der Waals surface area contributed by atoms with Crippen molar-refractivity contribution in [3.05, 3.63) is 27.2 Å². The molecule has 3 nitrogen and oxygen atoms in total. The molecule has 1 atom stereocenters. The number of anilines is 1. The molecule has 1 aliphatic rings. The maximum Gasteiger partial charge on any atom is 0.229 e. The molecule has 1 fully saturated rings. The van der Waals surface area contributed by atoms with Crippen LogP contribution in [0.25, 0.3) is 0 Å². The van der Waals surface area contributed by atoms with E-state index in [1.54, 1.807) is 0 Å². The number of aliphatic hydroxyl groups is 1. The maximum absolute atomic E-state index is 11.6. The summed E-state index contributed by atoms with van der Waals surface area (Å²) in [6, 6.07) is 3.01. The highest BCUT2D eigenvalue weighted by molar-refractivity contribution is 6.44. The van der Waals surface area contributed by atoms with Crippen molar-refractivity contribution in [2.75, 3.05) is 11.4 Å². The first-order valence-electron chi connectivity index (χ1n) is 4.62. The molecule has 1 amide bonds. The van der Waals surface area contributed by atoms with Crippen molar-refractivity contribution in [2.24, 2.45) is 0 Å². The number of hydrogen-bond acceptors (Lipinski definition) is 2. The van der Waals surface area contributed by atoms with Gasteiger partial charge in [-0.05, 0) is 12.1 Å². The summed E-state index contributed by atoms with van der Waals surface area (Å²) >= 11 is 17.6. The first-order valence-corrected chi connectivity index (χ1v) is 5.75. The quantitative estimate of drug-likeness (QED) is 0.804. The van der Waals surface area contributed by atoms with Crippen LogP contribution in [0.1, 0.15) is 6.42 Å². The summed E-state index contributed by atoms with van der Waals surface area (Å²) in [6.07, 6.45) is -0.547. The average molecular weight is 281 g/mol. The van der Waals surface area contributed by atoms with E-state index < -0.39 is 6.10 Å². The highest BCUT2D eigenvalue weighted by atomic mass is 35.5. The molecule has 0 aliphatic carbocycles. The summed E-state index contributed by atoms with van der Waals surface area (Å²) < 4.78 is 0. The van der Waals surface area contributed by atoms with Gasteiger partial charge in [-0.15, -0.1) is 0 Å². The van der Waals surface area contributed by atoms with E-state index in [4.69, 9.17) is 34.8 Å². The minimum atomic E-state index is -0.655. The van der Waals surface area contributed by atoms with Crippen molar-refractivity contribution in [1.29, 1.82) is 0 Å². The first kappa shape index (κ1) is 12.0. The van der Waals surface area contributed by atoms with Crippen molar-refractivity contribution in [2.45, 2.75) is 12.5 Å². The van der Waals surface area contributed by atoms with Crippen molar-refractivity contribution in [3.8, 4) is 0 Å². The Morgan fingerprint density at radius 1 is 1.19 bits per heavy atom. The van der Waals surface area contributed by atoms with Gasteiger partial charge in [0.1, 0.15) is 0 Å². The highest BCUT2D eigenvalue weighted by Gasteiger charge is 2.30. The SMILES string of the molecule is O=C1CC(O)CN1c1cc(Cl)c(Cl)cc1Cl. The van der Waals surface area contributed by atoms with Crippen molar-refractivity contribution in [1.82, 2.24) is 0 Å². The van der Waals surface area contributed by atoms with E-state index in [1.807, 2.05) is 0 Å². The van der Waals surface area contributed by atoms with Gasteiger partial charge in [-0.25, -0.2) is 0 Å². The van der Waals surface area contributed by atoms with Crippen molar-refractivity contribution in [3.63, 3.8) is 0 Å². The van der Waals surface area contributed by atoms with Crippen LogP contribution in [-0.4, -0.2) is 23.7 Å². The first-order chi connectivity index (χ1) is 7.49. The molecule has 1 saturated heterocycles. The number of carbonyl (C=O) groups excluding carboxylic acids is 1. The van der Waals surface area contributed by atoms with Crippen molar-refractivity contribution < 1.29 is 9.90 Å². The zero-order valence-corrected chi connectivity index (χ0v) is 10.4. The fraction of sp³-hybridized carbons (Fsp3) is 0.300. The summed E-state index contributed by atoms with van der Waals surface area (Å²) in [5.41, 5.74) is 0.484. The van der Waals surface area contributed by atoms with Crippen LogP contribution in [0.2, 0.25) is 15.1 Å². The number of nitrogens with zero attached hydrogens (tertiary/aromatic N) is 1. The molecule has 86 valence electrons. The summed E-state index contributed by atoms with van der Waals surface area (Å²) in [5.74, 6) is -0.173. The Morgan fingerprint density at radius 2 is 1.81 bits per heavy atom. The van der Waals surface area contributed by atoms with Crippen LogP contribution < -0.4 is 4.90 Å². The summed E-state index contributed by atoms with van der Waals surface area (Å²) in [7, 11) is 0. The molecular weight excluding hydrogens is 272 g/mol. The van der Waals surface area contributed by atoms with Crippen LogP contribution in [0.5, 0.6) is 0 Å². The van der Waals surface area contributed by atoms with Gasteiger partial charge >= 0.3 is 0 Å². The molecule has 2 rings (SSSR count). The van der Waals surface area contributed by atoms with Gasteiger partial charge in [0.15, 0.2) is 0 Å². The summed E-state index contributed by atoms with van der Waals surface area (Å²) in [5, 5.41) is 10.4. The molecule has 1 heterocycles. The molecule has 16 heavy (non-hydrogen) atoms. The van der Waals surface area contributed by atoms with Crippen LogP contribution in [0.3, 0.4) is 0 Å². The molecule has 0 saturated carbocycles. The van der Waals surface area contributed by atoms with Gasteiger partial charge in [-0.3, -0.25) is 4.79 Å². The number of aliphatic hydroxyl groups excluding tert-OH is 1. The van der Waals surface area contributed by atoms with E-state index >= 15 is 0 Å². The normalized spacial score (nSPS) is 20.6. The van der Waals surface area contributed by atoms with Crippen LogP contribution in [-0.2, 0) is 4.79 Å². The lowest BCUT2D eigenvalue weighted by atomic mass is 10.3. The number of amides is 1. The van der Waals surface area contributed by atoms with Gasteiger partial charge in [0.2, 0.25) is 5.91 Å². The second-order valence-corrected chi connectivity index (χ2v) is 4.80. The number of rotatable bonds is 1. The highest BCUT2D eigenvalue weighted by Crippen LogP contribution is 2.36. The topological polar surface area (TPSA) is 40.5 Å². The minimum Gasteiger partial charge on any atom is -0.391 e. The van der Waals surface area contributed by atoms with Crippen LogP contribution in [0.15, 0.2) is 12.1 Å². The third-order valence-electron chi connectivity index (χ3n) is 2.39. The van der Waals surface area contributed by atoms with E-state index in [9.17, 15) is 9.90 Å². The summed E-state index contributed by atoms with van der Waals surface area (Å²) in [6.45, 7) is 0.233. The number of carbonyl (C=O) groups is 1. The Kier molecular flexibility index (Phi) is 3.31. The number of hydrogen-bond donors (Lipinski definition) is 1. The Hall–Kier alpha value is -0.480. The van der Waals surface area contributed by atoms with E-state index in [-0.39, 0.29) is 18.9 Å².